The fourth-order valence-corrected chi connectivity index (χ4v) is 2.76. The molecule has 0 radical (unpaired) electrons. The van der Waals surface area contributed by atoms with E-state index in [1.165, 1.54) is 0 Å². The van der Waals surface area contributed by atoms with Gasteiger partial charge in [0.15, 0.2) is 0 Å². The molecule has 0 aromatic carbocycles. The summed E-state index contributed by atoms with van der Waals surface area (Å²) in [5.74, 6) is 0. The number of aliphatic hydroxyl groups is 1. The fraction of sp³-hybridized carbons (Fsp3) is 0.647. The molecular weight excluding hydrogens is 294 g/mol. The van der Waals surface area contributed by atoms with Gasteiger partial charge < -0.3 is 20.1 Å². The van der Waals surface area contributed by atoms with Crippen molar-refractivity contribution in [3.8, 4) is 0 Å². The van der Waals surface area contributed by atoms with E-state index in [9.17, 15) is 9.90 Å². The Morgan fingerprint density at radius 1 is 1.35 bits per heavy atom. The number of alkyl carbamates (subject to hydrolysis) is 1. The first-order chi connectivity index (χ1) is 10.8. The number of carbonyl (C=O) groups excluding carboxylic acids is 1. The van der Waals surface area contributed by atoms with Crippen LogP contribution in [0, 0.1) is 5.41 Å². The average molecular weight is 321 g/mol. The third kappa shape index (κ3) is 5.10. The van der Waals surface area contributed by atoms with E-state index in [4.69, 9.17) is 4.74 Å². The maximum Gasteiger partial charge on any atom is 0.407 e. The van der Waals surface area contributed by atoms with Crippen LogP contribution in [0.15, 0.2) is 24.5 Å². The molecule has 0 saturated carbocycles. The van der Waals surface area contributed by atoms with E-state index in [0.717, 1.165) is 31.6 Å². The van der Waals surface area contributed by atoms with Crippen LogP contribution < -0.4 is 10.2 Å². The fourth-order valence-electron chi connectivity index (χ4n) is 2.76. The number of carbonyl (C=O) groups is 1. The van der Waals surface area contributed by atoms with Crippen molar-refractivity contribution in [1.29, 1.82) is 0 Å². The monoisotopic (exact) mass is 321 g/mol. The average Bonchev–Trinajstić information content (AvgIpc) is 2.53. The zero-order chi connectivity index (χ0) is 16.9. The van der Waals surface area contributed by atoms with Crippen molar-refractivity contribution >= 4 is 11.8 Å². The summed E-state index contributed by atoms with van der Waals surface area (Å²) >= 11 is 0. The minimum atomic E-state index is -0.513. The Morgan fingerprint density at radius 3 is 2.48 bits per heavy atom. The Balaban J connectivity index is 1.87. The van der Waals surface area contributed by atoms with E-state index in [2.05, 4.69) is 15.2 Å². The minimum absolute atomic E-state index is 0.0625. The predicted octanol–water partition coefficient (Wildman–Crippen LogP) is 2.19. The standard InChI is InChI=1S/C17H27N3O3/c1-16(2,3)23-15(22)19-12-17(13-21)6-10-20(11-7-17)14-4-8-18-9-5-14/h4-5,8-9,21H,6-7,10-13H2,1-3H3,(H,19,22). The molecular formula is C17H27N3O3. The van der Waals surface area contributed by atoms with Crippen molar-refractivity contribution in [2.75, 3.05) is 31.1 Å². The number of piperidine rings is 1. The number of nitrogens with one attached hydrogen (secondary N) is 1. The molecule has 1 amide bonds. The lowest BCUT2D eigenvalue weighted by molar-refractivity contribution is 0.0436. The van der Waals surface area contributed by atoms with Crippen molar-refractivity contribution in [3.05, 3.63) is 24.5 Å². The number of anilines is 1. The van der Waals surface area contributed by atoms with Crippen molar-refractivity contribution < 1.29 is 14.6 Å². The Hall–Kier alpha value is -1.82. The molecule has 128 valence electrons. The van der Waals surface area contributed by atoms with Gasteiger partial charge in [-0.1, -0.05) is 0 Å². The highest BCUT2D eigenvalue weighted by atomic mass is 16.6. The lowest BCUT2D eigenvalue weighted by atomic mass is 9.79. The third-order valence-electron chi connectivity index (χ3n) is 4.19. The first-order valence-electron chi connectivity index (χ1n) is 8.06. The summed E-state index contributed by atoms with van der Waals surface area (Å²) in [4.78, 5) is 18.1. The van der Waals surface area contributed by atoms with Crippen molar-refractivity contribution in [1.82, 2.24) is 10.3 Å². The second-order valence-corrected chi connectivity index (χ2v) is 7.21. The summed E-state index contributed by atoms with van der Waals surface area (Å²) in [6.07, 6.45) is 4.78. The molecule has 6 heteroatoms. The van der Waals surface area contributed by atoms with Gasteiger partial charge in [-0.05, 0) is 45.7 Å². The van der Waals surface area contributed by atoms with Crippen LogP contribution in [0.5, 0.6) is 0 Å². The molecule has 1 aliphatic heterocycles. The van der Waals surface area contributed by atoms with Gasteiger partial charge in [0.2, 0.25) is 0 Å². The van der Waals surface area contributed by atoms with E-state index < -0.39 is 11.7 Å². The first kappa shape index (κ1) is 17.5. The van der Waals surface area contributed by atoms with Gasteiger partial charge in [-0.3, -0.25) is 4.98 Å². The molecule has 0 atom stereocenters. The molecule has 1 fully saturated rings. The summed E-state index contributed by atoms with van der Waals surface area (Å²) in [5, 5.41) is 12.6. The van der Waals surface area contributed by atoms with Gasteiger partial charge in [-0.2, -0.15) is 0 Å². The summed E-state index contributed by atoms with van der Waals surface area (Å²) in [6, 6.07) is 3.98. The molecule has 1 aromatic heterocycles. The molecule has 2 N–H and O–H groups in total. The van der Waals surface area contributed by atoms with Crippen LogP contribution >= 0.6 is 0 Å². The van der Waals surface area contributed by atoms with E-state index in [-0.39, 0.29) is 12.0 Å². The maximum absolute atomic E-state index is 11.8. The molecule has 2 heterocycles. The number of rotatable bonds is 4. The number of hydrogen-bond acceptors (Lipinski definition) is 5. The Morgan fingerprint density at radius 2 is 1.96 bits per heavy atom. The molecule has 0 aliphatic carbocycles. The number of aromatic nitrogens is 1. The van der Waals surface area contributed by atoms with E-state index >= 15 is 0 Å². The predicted molar refractivity (Wildman–Crippen MR) is 89.4 cm³/mol. The highest BCUT2D eigenvalue weighted by Crippen LogP contribution is 2.32. The number of hydrogen-bond donors (Lipinski definition) is 2. The number of pyridine rings is 1. The van der Waals surface area contributed by atoms with Crippen molar-refractivity contribution in [2.45, 2.75) is 39.2 Å². The van der Waals surface area contributed by atoms with E-state index in [1.807, 2.05) is 32.9 Å². The lowest BCUT2D eigenvalue weighted by Crippen LogP contribution is -2.49. The van der Waals surface area contributed by atoms with Crippen LogP contribution in [0.2, 0.25) is 0 Å². The van der Waals surface area contributed by atoms with Gasteiger partial charge in [0, 0.05) is 43.1 Å². The molecule has 1 aromatic rings. The molecule has 0 spiro atoms. The zero-order valence-corrected chi connectivity index (χ0v) is 14.2. The van der Waals surface area contributed by atoms with Gasteiger partial charge in [0.05, 0.1) is 6.61 Å². The number of amides is 1. The summed E-state index contributed by atoms with van der Waals surface area (Å²) in [6.45, 7) is 7.70. The second kappa shape index (κ2) is 7.17. The van der Waals surface area contributed by atoms with Gasteiger partial charge in [-0.25, -0.2) is 4.79 Å². The Bertz CT molecular complexity index is 506. The maximum atomic E-state index is 11.8. The van der Waals surface area contributed by atoms with E-state index in [1.54, 1.807) is 12.4 Å². The lowest BCUT2D eigenvalue weighted by Gasteiger charge is -2.41. The van der Waals surface area contributed by atoms with Crippen LogP contribution in [0.3, 0.4) is 0 Å². The molecule has 1 saturated heterocycles. The molecule has 23 heavy (non-hydrogen) atoms. The van der Waals surface area contributed by atoms with Crippen LogP contribution in [0.4, 0.5) is 10.5 Å². The summed E-state index contributed by atoms with van der Waals surface area (Å²) in [7, 11) is 0. The zero-order valence-electron chi connectivity index (χ0n) is 14.2. The van der Waals surface area contributed by atoms with E-state index in [0.29, 0.717) is 6.54 Å². The second-order valence-electron chi connectivity index (χ2n) is 7.21. The first-order valence-corrected chi connectivity index (χ1v) is 8.06. The van der Waals surface area contributed by atoms with Crippen LogP contribution in [0.1, 0.15) is 33.6 Å². The molecule has 0 bridgehead atoms. The quantitative estimate of drug-likeness (QED) is 0.889. The Kier molecular flexibility index (Phi) is 5.46. The SMILES string of the molecule is CC(C)(C)OC(=O)NCC1(CO)CCN(c2ccncc2)CC1. The third-order valence-corrected chi connectivity index (χ3v) is 4.19. The number of ether oxygens (including phenoxy) is 1. The number of nitrogens with zero attached hydrogens (tertiary/aromatic N) is 2. The summed E-state index contributed by atoms with van der Waals surface area (Å²) in [5.41, 5.74) is 0.355. The highest BCUT2D eigenvalue weighted by Gasteiger charge is 2.35. The van der Waals surface area contributed by atoms with Gasteiger partial charge >= 0.3 is 6.09 Å². The Labute approximate surface area is 137 Å². The molecule has 0 unspecified atom stereocenters. The number of aliphatic hydroxyl groups excluding tert-OH is 1. The van der Waals surface area contributed by atoms with Crippen LogP contribution in [0.25, 0.3) is 0 Å². The molecule has 2 rings (SSSR count). The molecule has 6 nitrogen and oxygen atoms in total. The van der Waals surface area contributed by atoms with Crippen molar-refractivity contribution in [3.63, 3.8) is 0 Å². The largest absolute Gasteiger partial charge is 0.444 e. The van der Waals surface area contributed by atoms with Crippen LogP contribution in [-0.4, -0.2) is 48.0 Å². The smallest absolute Gasteiger partial charge is 0.407 e. The topological polar surface area (TPSA) is 74.7 Å². The molecule has 1 aliphatic rings. The van der Waals surface area contributed by atoms with Gasteiger partial charge in [-0.15, -0.1) is 0 Å². The van der Waals surface area contributed by atoms with Gasteiger partial charge in [0.25, 0.3) is 0 Å². The summed E-state index contributed by atoms with van der Waals surface area (Å²) < 4.78 is 5.26. The van der Waals surface area contributed by atoms with Crippen LogP contribution in [-0.2, 0) is 4.74 Å². The van der Waals surface area contributed by atoms with Crippen molar-refractivity contribution in [2.24, 2.45) is 5.41 Å². The minimum Gasteiger partial charge on any atom is -0.444 e. The van der Waals surface area contributed by atoms with Gasteiger partial charge in [0.1, 0.15) is 5.60 Å². The normalized spacial score (nSPS) is 17.7. The highest BCUT2D eigenvalue weighted by molar-refractivity contribution is 5.67.